The number of para-hydroxylation sites is 2. The summed E-state index contributed by atoms with van der Waals surface area (Å²) in [5, 5.41) is 5.88. The van der Waals surface area contributed by atoms with Crippen molar-refractivity contribution in [2.24, 2.45) is 5.10 Å². The molecule has 0 aliphatic carbocycles. The number of carbonyl (C=O) groups is 1. The average molecular weight is 304 g/mol. The van der Waals surface area contributed by atoms with Gasteiger partial charge in [0, 0.05) is 4.88 Å². The molecule has 0 saturated carbocycles. The van der Waals surface area contributed by atoms with E-state index in [0.29, 0.717) is 11.5 Å². The third-order valence-electron chi connectivity index (χ3n) is 2.70. The van der Waals surface area contributed by atoms with Crippen molar-refractivity contribution < 1.29 is 14.3 Å². The number of thiophene rings is 1. The summed E-state index contributed by atoms with van der Waals surface area (Å²) >= 11 is 1.57. The molecule has 5 nitrogen and oxygen atoms in total. The highest BCUT2D eigenvalue weighted by atomic mass is 32.1. The van der Waals surface area contributed by atoms with Crippen LogP contribution in [0.1, 0.15) is 10.4 Å². The zero-order chi connectivity index (χ0) is 15.1. The Bertz CT molecular complexity index is 637. The number of rotatable bonds is 6. The van der Waals surface area contributed by atoms with Crippen LogP contribution in [0.5, 0.6) is 11.5 Å². The van der Waals surface area contributed by atoms with Crippen LogP contribution < -0.4 is 14.9 Å². The normalized spacial score (nSPS) is 10.6. The number of aryl methyl sites for hydroxylation is 1. The van der Waals surface area contributed by atoms with E-state index in [0.717, 1.165) is 10.4 Å². The second-order valence-corrected chi connectivity index (χ2v) is 5.15. The maximum Gasteiger partial charge on any atom is 0.277 e. The largest absolute Gasteiger partial charge is 0.493 e. The first-order chi connectivity index (χ1) is 10.2. The Labute approximate surface area is 127 Å². The topological polar surface area (TPSA) is 59.9 Å². The second-order valence-electron chi connectivity index (χ2n) is 4.20. The summed E-state index contributed by atoms with van der Waals surface area (Å²) in [5.41, 5.74) is 3.56. The van der Waals surface area contributed by atoms with Gasteiger partial charge in [-0.1, -0.05) is 12.1 Å². The number of nitrogens with zero attached hydrogens (tertiary/aromatic N) is 1. The fourth-order valence-corrected chi connectivity index (χ4v) is 2.38. The lowest BCUT2D eigenvalue weighted by molar-refractivity contribution is -0.123. The monoisotopic (exact) mass is 304 g/mol. The molecule has 0 aliphatic rings. The number of methoxy groups -OCH3 is 1. The number of amides is 1. The fraction of sp³-hybridized carbons (Fsp3) is 0.200. The summed E-state index contributed by atoms with van der Waals surface area (Å²) < 4.78 is 10.5. The van der Waals surface area contributed by atoms with E-state index in [2.05, 4.69) is 10.5 Å². The van der Waals surface area contributed by atoms with Crippen LogP contribution in [0.2, 0.25) is 0 Å². The third kappa shape index (κ3) is 4.32. The Morgan fingerprint density at radius 3 is 2.76 bits per heavy atom. The molecule has 1 heterocycles. The van der Waals surface area contributed by atoms with Crippen molar-refractivity contribution in [1.82, 2.24) is 5.43 Å². The van der Waals surface area contributed by atoms with Crippen LogP contribution in [0.15, 0.2) is 40.8 Å². The fourth-order valence-electron chi connectivity index (χ4n) is 1.59. The first-order valence-electron chi connectivity index (χ1n) is 6.32. The van der Waals surface area contributed by atoms with Crippen molar-refractivity contribution in [3.63, 3.8) is 0 Å². The first-order valence-corrected chi connectivity index (χ1v) is 7.20. The van der Waals surface area contributed by atoms with Crippen LogP contribution in [0, 0.1) is 6.92 Å². The summed E-state index contributed by atoms with van der Waals surface area (Å²) in [7, 11) is 1.55. The molecular formula is C15H16N2O3S. The molecule has 1 aromatic carbocycles. The van der Waals surface area contributed by atoms with Gasteiger partial charge in [0.05, 0.1) is 13.3 Å². The van der Waals surface area contributed by atoms with Gasteiger partial charge < -0.3 is 9.47 Å². The van der Waals surface area contributed by atoms with Gasteiger partial charge in [0.25, 0.3) is 5.91 Å². The van der Waals surface area contributed by atoms with Crippen molar-refractivity contribution in [2.75, 3.05) is 13.7 Å². The molecule has 1 N–H and O–H groups in total. The van der Waals surface area contributed by atoms with E-state index in [4.69, 9.17) is 9.47 Å². The minimum Gasteiger partial charge on any atom is -0.493 e. The summed E-state index contributed by atoms with van der Waals surface area (Å²) in [6, 6.07) is 9.15. The van der Waals surface area contributed by atoms with Gasteiger partial charge in [-0.05, 0) is 36.1 Å². The van der Waals surface area contributed by atoms with E-state index in [-0.39, 0.29) is 12.5 Å². The van der Waals surface area contributed by atoms with Gasteiger partial charge in [0.1, 0.15) is 0 Å². The second kappa shape index (κ2) is 7.44. The molecule has 1 amide bonds. The molecule has 0 unspecified atom stereocenters. The molecule has 0 spiro atoms. The molecule has 0 radical (unpaired) electrons. The van der Waals surface area contributed by atoms with Gasteiger partial charge in [-0.15, -0.1) is 11.3 Å². The van der Waals surface area contributed by atoms with E-state index in [1.165, 1.54) is 0 Å². The lowest BCUT2D eigenvalue weighted by atomic mass is 10.3. The van der Waals surface area contributed by atoms with Crippen LogP contribution in [-0.4, -0.2) is 25.8 Å². The zero-order valence-corrected chi connectivity index (χ0v) is 12.6. The number of carbonyl (C=O) groups excluding carboxylic acids is 1. The van der Waals surface area contributed by atoms with Crippen molar-refractivity contribution in [3.05, 3.63) is 46.2 Å². The van der Waals surface area contributed by atoms with Gasteiger partial charge in [-0.2, -0.15) is 5.10 Å². The highest BCUT2D eigenvalue weighted by Crippen LogP contribution is 2.25. The quantitative estimate of drug-likeness (QED) is 0.659. The number of ether oxygens (including phenoxy) is 2. The van der Waals surface area contributed by atoms with Gasteiger partial charge >= 0.3 is 0 Å². The molecule has 110 valence electrons. The minimum atomic E-state index is -0.327. The lowest BCUT2D eigenvalue weighted by Gasteiger charge is -2.09. The number of nitrogens with one attached hydrogen (secondary N) is 1. The average Bonchev–Trinajstić information content (AvgIpc) is 2.91. The number of hydrazone groups is 1. The molecule has 0 aliphatic heterocycles. The molecule has 2 rings (SSSR count). The van der Waals surface area contributed by atoms with Crippen LogP contribution in [-0.2, 0) is 4.79 Å². The van der Waals surface area contributed by atoms with Crippen molar-refractivity contribution >= 4 is 23.5 Å². The van der Waals surface area contributed by atoms with Crippen molar-refractivity contribution in [3.8, 4) is 11.5 Å². The van der Waals surface area contributed by atoms with E-state index in [9.17, 15) is 4.79 Å². The Kier molecular flexibility index (Phi) is 5.34. The number of hydrogen-bond donors (Lipinski definition) is 1. The summed E-state index contributed by atoms with van der Waals surface area (Å²) in [6.07, 6.45) is 1.63. The van der Waals surface area contributed by atoms with Gasteiger partial charge in [0.2, 0.25) is 0 Å². The Hall–Kier alpha value is -2.34. The highest BCUT2D eigenvalue weighted by molar-refractivity contribution is 7.11. The first kappa shape index (κ1) is 15.1. The van der Waals surface area contributed by atoms with Gasteiger partial charge in [-0.25, -0.2) is 5.43 Å². The third-order valence-corrected chi connectivity index (χ3v) is 3.65. The zero-order valence-electron chi connectivity index (χ0n) is 11.8. The maximum atomic E-state index is 11.6. The Balaban J connectivity index is 1.82. The molecule has 0 saturated heterocycles. The smallest absolute Gasteiger partial charge is 0.277 e. The van der Waals surface area contributed by atoms with Crippen molar-refractivity contribution in [1.29, 1.82) is 0 Å². The standard InChI is InChI=1S/C15H16N2O3S/c1-11-7-8-21-14(11)9-16-17-15(18)10-20-13-6-4-3-5-12(13)19-2/h3-9H,10H2,1-2H3,(H,17,18)/b16-9-. The van der Waals surface area contributed by atoms with Gasteiger partial charge in [-0.3, -0.25) is 4.79 Å². The molecule has 0 bridgehead atoms. The van der Waals surface area contributed by atoms with Gasteiger partial charge in [0.15, 0.2) is 18.1 Å². The van der Waals surface area contributed by atoms with E-state index >= 15 is 0 Å². The number of benzene rings is 1. The molecule has 1 aromatic heterocycles. The predicted molar refractivity (Wildman–Crippen MR) is 83.3 cm³/mol. The number of hydrogen-bond acceptors (Lipinski definition) is 5. The molecule has 6 heteroatoms. The molecular weight excluding hydrogens is 288 g/mol. The Morgan fingerprint density at radius 1 is 1.33 bits per heavy atom. The minimum absolute atomic E-state index is 0.124. The predicted octanol–water partition coefficient (Wildman–Crippen LogP) is 2.59. The van der Waals surface area contributed by atoms with Crippen molar-refractivity contribution in [2.45, 2.75) is 6.92 Å². The molecule has 2 aromatic rings. The van der Waals surface area contributed by atoms with E-state index in [1.54, 1.807) is 36.8 Å². The Morgan fingerprint density at radius 2 is 2.10 bits per heavy atom. The van der Waals surface area contributed by atoms with E-state index in [1.807, 2.05) is 30.5 Å². The van der Waals surface area contributed by atoms with Crippen LogP contribution in [0.4, 0.5) is 0 Å². The summed E-state index contributed by atoms with van der Waals surface area (Å²) in [5.74, 6) is 0.780. The van der Waals surface area contributed by atoms with Crippen LogP contribution >= 0.6 is 11.3 Å². The van der Waals surface area contributed by atoms with Crippen LogP contribution in [0.3, 0.4) is 0 Å². The van der Waals surface area contributed by atoms with E-state index < -0.39 is 0 Å². The van der Waals surface area contributed by atoms with Crippen LogP contribution in [0.25, 0.3) is 0 Å². The summed E-state index contributed by atoms with van der Waals surface area (Å²) in [4.78, 5) is 12.7. The molecule has 0 fully saturated rings. The summed E-state index contributed by atoms with van der Waals surface area (Å²) in [6.45, 7) is 1.87. The highest BCUT2D eigenvalue weighted by Gasteiger charge is 2.06. The lowest BCUT2D eigenvalue weighted by Crippen LogP contribution is -2.24. The maximum absolute atomic E-state index is 11.6. The molecule has 0 atom stereocenters. The molecule has 21 heavy (non-hydrogen) atoms. The SMILES string of the molecule is COc1ccccc1OCC(=O)N/N=C\c1sccc1C.